The monoisotopic (exact) mass is 440 g/mol. The van der Waals surface area contributed by atoms with Crippen molar-refractivity contribution in [1.29, 1.82) is 0 Å². The first-order valence-electron chi connectivity index (χ1n) is 7.27. The van der Waals surface area contributed by atoms with E-state index in [0.717, 1.165) is 30.5 Å². The number of benzene rings is 2. The lowest BCUT2D eigenvalue weighted by atomic mass is 10.2. The molecule has 11 heteroatoms. The zero-order chi connectivity index (χ0) is 20.4. The fraction of sp³-hybridized carbons (Fsp3) is 0.188. The number of sulfonamides is 1. The molecule has 5 nitrogen and oxygen atoms in total. The van der Waals surface area contributed by atoms with E-state index in [1.54, 1.807) is 0 Å². The number of anilines is 2. The van der Waals surface area contributed by atoms with Crippen LogP contribution >= 0.6 is 23.2 Å². The zero-order valence-electron chi connectivity index (χ0n) is 13.7. The molecule has 0 saturated carbocycles. The van der Waals surface area contributed by atoms with Gasteiger partial charge in [-0.05, 0) is 42.5 Å². The molecule has 2 aromatic rings. The number of hydrogen-bond acceptors (Lipinski definition) is 3. The summed E-state index contributed by atoms with van der Waals surface area (Å²) in [6, 6.07) is 7.71. The van der Waals surface area contributed by atoms with Gasteiger partial charge in [-0.25, -0.2) is 8.42 Å². The molecule has 0 spiro atoms. The first kappa shape index (κ1) is 21.3. The minimum atomic E-state index is -4.56. The molecule has 0 fully saturated rings. The van der Waals surface area contributed by atoms with Crippen LogP contribution in [-0.4, -0.2) is 27.1 Å². The molecular formula is C16H13Cl2F3N2O3S. The van der Waals surface area contributed by atoms with Crippen molar-refractivity contribution in [3.05, 3.63) is 58.1 Å². The predicted octanol–water partition coefficient (Wildman–Crippen LogP) is 4.42. The van der Waals surface area contributed by atoms with Gasteiger partial charge in [0.05, 0.1) is 17.5 Å². The van der Waals surface area contributed by atoms with E-state index in [1.807, 2.05) is 0 Å². The molecule has 0 atom stereocenters. The Labute approximate surface area is 163 Å². The third kappa shape index (κ3) is 6.02. The van der Waals surface area contributed by atoms with Gasteiger partial charge in [0.1, 0.15) is 6.54 Å². The third-order valence-electron chi connectivity index (χ3n) is 3.32. The zero-order valence-corrected chi connectivity index (χ0v) is 16.0. The highest BCUT2D eigenvalue weighted by Gasteiger charge is 2.30. The Morgan fingerprint density at radius 1 is 1.07 bits per heavy atom. The quantitative estimate of drug-likeness (QED) is 0.748. The summed E-state index contributed by atoms with van der Waals surface area (Å²) in [6.07, 6.45) is -3.72. The molecule has 0 aliphatic carbocycles. The van der Waals surface area contributed by atoms with Gasteiger partial charge in [0, 0.05) is 15.7 Å². The number of hydrogen-bond donors (Lipinski definition) is 1. The van der Waals surface area contributed by atoms with Gasteiger partial charge < -0.3 is 5.32 Å². The fourth-order valence-corrected chi connectivity index (χ4v) is 3.56. The Balaban J connectivity index is 2.23. The van der Waals surface area contributed by atoms with Gasteiger partial charge in [0.2, 0.25) is 15.9 Å². The Morgan fingerprint density at radius 2 is 1.59 bits per heavy atom. The van der Waals surface area contributed by atoms with E-state index >= 15 is 0 Å². The molecule has 1 amide bonds. The van der Waals surface area contributed by atoms with Crippen LogP contribution in [0.4, 0.5) is 24.5 Å². The predicted molar refractivity (Wildman–Crippen MR) is 98.7 cm³/mol. The lowest BCUT2D eigenvalue weighted by molar-refractivity contribution is -0.137. The third-order valence-corrected chi connectivity index (χ3v) is 4.89. The molecule has 0 unspecified atom stereocenters. The molecular weight excluding hydrogens is 428 g/mol. The smallest absolute Gasteiger partial charge is 0.324 e. The van der Waals surface area contributed by atoms with Crippen LogP contribution in [0.2, 0.25) is 10.0 Å². The van der Waals surface area contributed by atoms with Crippen molar-refractivity contribution >= 4 is 50.5 Å². The number of halogens is 5. The highest BCUT2D eigenvalue weighted by Crippen LogP contribution is 2.31. The topological polar surface area (TPSA) is 66.5 Å². The van der Waals surface area contributed by atoms with Crippen molar-refractivity contribution in [2.45, 2.75) is 6.18 Å². The number of nitrogens with one attached hydrogen (secondary N) is 1. The van der Waals surface area contributed by atoms with Gasteiger partial charge in [0.25, 0.3) is 0 Å². The standard InChI is InChI=1S/C16H13Cl2F3N2O3S/c1-27(25,26)23(14-4-2-10(3-5-14)16(19,20)21)9-15(24)22-13-7-11(17)6-12(18)8-13/h2-8H,9H2,1H3,(H,22,24). The number of nitrogens with zero attached hydrogens (tertiary/aromatic N) is 1. The number of carbonyl (C=O) groups is 1. The van der Waals surface area contributed by atoms with Crippen molar-refractivity contribution in [2.75, 3.05) is 22.4 Å². The van der Waals surface area contributed by atoms with Crippen LogP contribution in [0.3, 0.4) is 0 Å². The van der Waals surface area contributed by atoms with Gasteiger partial charge in [-0.3, -0.25) is 9.10 Å². The fourth-order valence-electron chi connectivity index (χ4n) is 2.17. The second-order valence-corrected chi connectivity index (χ2v) is 8.30. The van der Waals surface area contributed by atoms with E-state index in [4.69, 9.17) is 23.2 Å². The second kappa shape index (κ2) is 7.95. The van der Waals surface area contributed by atoms with Crippen molar-refractivity contribution < 1.29 is 26.4 Å². The van der Waals surface area contributed by atoms with Crippen molar-refractivity contribution in [3.8, 4) is 0 Å². The van der Waals surface area contributed by atoms with Crippen LogP contribution < -0.4 is 9.62 Å². The van der Waals surface area contributed by atoms with Gasteiger partial charge in [-0.2, -0.15) is 13.2 Å². The largest absolute Gasteiger partial charge is 0.416 e. The summed E-state index contributed by atoms with van der Waals surface area (Å²) in [6.45, 7) is -0.645. The van der Waals surface area contributed by atoms with E-state index in [2.05, 4.69) is 5.32 Å². The van der Waals surface area contributed by atoms with E-state index in [1.165, 1.54) is 18.2 Å². The molecule has 1 N–H and O–H groups in total. The Bertz CT molecular complexity index is 928. The molecule has 2 rings (SSSR count). The highest BCUT2D eigenvalue weighted by atomic mass is 35.5. The molecule has 0 aliphatic rings. The van der Waals surface area contributed by atoms with Gasteiger partial charge in [-0.15, -0.1) is 0 Å². The first-order valence-corrected chi connectivity index (χ1v) is 9.87. The van der Waals surface area contributed by atoms with Crippen LogP contribution in [0.5, 0.6) is 0 Å². The van der Waals surface area contributed by atoms with E-state index in [9.17, 15) is 26.4 Å². The second-order valence-electron chi connectivity index (χ2n) is 5.52. The maximum atomic E-state index is 12.7. The first-order chi connectivity index (χ1) is 12.4. The summed E-state index contributed by atoms with van der Waals surface area (Å²) in [5.74, 6) is -0.723. The van der Waals surface area contributed by atoms with Crippen LogP contribution in [-0.2, 0) is 21.0 Å². The SMILES string of the molecule is CS(=O)(=O)N(CC(=O)Nc1cc(Cl)cc(Cl)c1)c1ccc(C(F)(F)F)cc1. The number of amides is 1. The average molecular weight is 441 g/mol. The van der Waals surface area contributed by atoms with Crippen molar-refractivity contribution in [3.63, 3.8) is 0 Å². The molecule has 0 radical (unpaired) electrons. The van der Waals surface area contributed by atoms with Gasteiger partial charge >= 0.3 is 6.18 Å². The highest BCUT2D eigenvalue weighted by molar-refractivity contribution is 7.92. The normalized spacial score (nSPS) is 11.9. The average Bonchev–Trinajstić information content (AvgIpc) is 2.50. The molecule has 0 saturated heterocycles. The van der Waals surface area contributed by atoms with Crippen LogP contribution in [0, 0.1) is 0 Å². The van der Waals surface area contributed by atoms with Crippen molar-refractivity contribution in [2.24, 2.45) is 0 Å². The Kier molecular flexibility index (Phi) is 6.28. The molecule has 0 aromatic heterocycles. The van der Waals surface area contributed by atoms with Crippen molar-refractivity contribution in [1.82, 2.24) is 0 Å². The molecule has 27 heavy (non-hydrogen) atoms. The molecule has 0 bridgehead atoms. The summed E-state index contributed by atoms with van der Waals surface area (Å²) in [4.78, 5) is 12.2. The summed E-state index contributed by atoms with van der Waals surface area (Å²) < 4.78 is 62.6. The molecule has 146 valence electrons. The minimum Gasteiger partial charge on any atom is -0.324 e. The number of alkyl halides is 3. The van der Waals surface area contributed by atoms with E-state index in [-0.39, 0.29) is 21.4 Å². The number of rotatable bonds is 5. The van der Waals surface area contributed by atoms with E-state index < -0.39 is 34.2 Å². The summed E-state index contributed by atoms with van der Waals surface area (Å²) in [7, 11) is -3.93. The lowest BCUT2D eigenvalue weighted by Gasteiger charge is -2.22. The maximum absolute atomic E-state index is 12.7. The Morgan fingerprint density at radius 3 is 2.04 bits per heavy atom. The molecule has 2 aromatic carbocycles. The van der Waals surface area contributed by atoms with E-state index in [0.29, 0.717) is 4.31 Å². The maximum Gasteiger partial charge on any atom is 0.416 e. The minimum absolute atomic E-state index is 0.0789. The summed E-state index contributed by atoms with van der Waals surface area (Å²) >= 11 is 11.7. The van der Waals surface area contributed by atoms with Gasteiger partial charge in [-0.1, -0.05) is 23.2 Å². The molecule has 0 aliphatic heterocycles. The van der Waals surface area contributed by atoms with Crippen LogP contribution in [0.15, 0.2) is 42.5 Å². The summed E-state index contributed by atoms with van der Waals surface area (Å²) in [5.41, 5.74) is -0.763. The number of carbonyl (C=O) groups excluding carboxylic acids is 1. The van der Waals surface area contributed by atoms with Crippen LogP contribution in [0.1, 0.15) is 5.56 Å². The Hall–Kier alpha value is -1.97. The summed E-state index contributed by atoms with van der Waals surface area (Å²) in [5, 5.41) is 2.97. The van der Waals surface area contributed by atoms with Crippen LogP contribution in [0.25, 0.3) is 0 Å². The lowest BCUT2D eigenvalue weighted by Crippen LogP contribution is -2.37. The molecule has 0 heterocycles. The van der Waals surface area contributed by atoms with Gasteiger partial charge in [0.15, 0.2) is 0 Å².